The van der Waals surface area contributed by atoms with Gasteiger partial charge in [-0.2, -0.15) is 0 Å². The summed E-state index contributed by atoms with van der Waals surface area (Å²) in [6.45, 7) is 0. The average molecular weight is 818 g/mol. The van der Waals surface area contributed by atoms with Crippen molar-refractivity contribution in [2.45, 2.75) is 0 Å². The van der Waals surface area contributed by atoms with Crippen molar-refractivity contribution in [1.29, 1.82) is 0 Å². The summed E-state index contributed by atoms with van der Waals surface area (Å²) in [5, 5.41) is 20.6. The van der Waals surface area contributed by atoms with Crippen LogP contribution in [0.25, 0.3) is 0 Å². The van der Waals surface area contributed by atoms with E-state index in [9.17, 15) is 19.8 Å². The van der Waals surface area contributed by atoms with Gasteiger partial charge in [-0.1, -0.05) is 24.3 Å². The van der Waals surface area contributed by atoms with Crippen LogP contribution in [0.5, 0.6) is 0 Å². The Labute approximate surface area is 158 Å². The van der Waals surface area contributed by atoms with Gasteiger partial charge in [0, 0.05) is 11.1 Å². The molecule has 6 radical (unpaired) electrons. The summed E-state index contributed by atoms with van der Waals surface area (Å²) in [6.07, 6.45) is 0. The molecule has 0 unspecified atom stereocenters. The fourth-order valence-corrected chi connectivity index (χ4v) is 0.839. The predicted molar refractivity (Wildman–Crippen MR) is 53.7 cm³/mol. The van der Waals surface area contributed by atoms with E-state index in [2.05, 4.69) is 0 Å². The van der Waals surface area contributed by atoms with Crippen molar-refractivity contribution in [2.24, 2.45) is 0 Å². The van der Waals surface area contributed by atoms with Gasteiger partial charge in [-0.25, -0.2) is 0 Å². The van der Waals surface area contributed by atoms with Crippen molar-refractivity contribution in [3.63, 3.8) is 0 Å². The minimum Gasteiger partial charge on any atom is -2.00 e. The van der Waals surface area contributed by atoms with Crippen LogP contribution in [0.4, 0.5) is 0 Å². The zero-order valence-electron chi connectivity index (χ0n) is 8.26. The number of rotatable bonds is 2. The molecule has 0 atom stereocenters. The zero-order chi connectivity index (χ0) is 9.14. The fourth-order valence-electron chi connectivity index (χ4n) is 0.839. The topological polar surface area (TPSA) is 137 Å². The molecule has 0 saturated carbocycles. The quantitative estimate of drug-likeness (QED) is 0.295. The van der Waals surface area contributed by atoms with E-state index in [0.717, 1.165) is 12.1 Å². The summed E-state index contributed by atoms with van der Waals surface area (Å²) in [7, 11) is 0. The monoisotopic (exact) mass is 820 g/mol. The Morgan fingerprint density at radius 3 is 1.18 bits per heavy atom. The first-order valence-electron chi connectivity index (χ1n) is 3.14. The molecule has 84 valence electrons. The van der Waals surface area contributed by atoms with Crippen molar-refractivity contribution in [1.82, 2.24) is 0 Å². The van der Waals surface area contributed by atoms with Crippen LogP contribution in [0.1, 0.15) is 20.7 Å². The molecule has 6 nitrogen and oxygen atoms in total. The minimum absolute atomic E-state index is 0. The smallest absolute Gasteiger partial charge is 2.00 e. The Morgan fingerprint density at radius 1 is 0.765 bits per heavy atom. The van der Waals surface area contributed by atoms with Crippen LogP contribution in [-0.4, -0.2) is 93.8 Å². The number of carboxylic acids is 2. The molecule has 0 aliphatic rings. The first-order chi connectivity index (χ1) is 5.63. The maximum atomic E-state index is 10.3. The van der Waals surface area contributed by atoms with Crippen LogP contribution in [0, 0.1) is 0 Å². The molecule has 0 amide bonds. The third kappa shape index (κ3) is 9.43. The van der Waals surface area contributed by atoms with Gasteiger partial charge in [0.15, 0.2) is 0 Å². The second kappa shape index (κ2) is 14.9. The maximum Gasteiger partial charge on any atom is 2.00 e. The van der Waals surface area contributed by atoms with E-state index in [1.165, 1.54) is 12.1 Å². The normalized spacial score (nSPS) is 6.59. The van der Waals surface area contributed by atoms with Gasteiger partial charge in [0.1, 0.15) is 0 Å². The summed E-state index contributed by atoms with van der Waals surface area (Å²) in [6, 6.07) is 5.14. The number of carbonyl (C=O) groups is 2. The second-order valence-corrected chi connectivity index (χ2v) is 2.12. The van der Waals surface area contributed by atoms with E-state index < -0.39 is 11.9 Å². The fraction of sp³-hybridized carbons (Fsp3) is 0. The maximum absolute atomic E-state index is 10.3. The van der Waals surface area contributed by atoms with Crippen LogP contribution in [0.3, 0.4) is 0 Å². The average Bonchev–Trinajstić information content (AvgIpc) is 2.04. The first-order valence-corrected chi connectivity index (χ1v) is 3.14. The molecular formula is C8H4O6Pb3. The largest absolute Gasteiger partial charge is 2.00 e. The van der Waals surface area contributed by atoms with Crippen molar-refractivity contribution in [3.8, 4) is 0 Å². The third-order valence-corrected chi connectivity index (χ3v) is 1.37. The molecule has 0 bridgehead atoms. The number of carbonyl (C=O) groups excluding carboxylic acids is 2. The van der Waals surface area contributed by atoms with E-state index in [1.807, 2.05) is 0 Å². The Morgan fingerprint density at radius 2 is 1.00 bits per heavy atom. The molecule has 1 aromatic carbocycles. The molecule has 0 spiro atoms. The van der Waals surface area contributed by atoms with Crippen LogP contribution < -0.4 is 10.2 Å². The van der Waals surface area contributed by atoms with E-state index in [1.54, 1.807) is 0 Å². The van der Waals surface area contributed by atoms with Gasteiger partial charge in [0.2, 0.25) is 0 Å². The molecule has 0 aliphatic heterocycles. The molecule has 1 aromatic rings. The van der Waals surface area contributed by atoms with Gasteiger partial charge in [-0.15, -0.1) is 0 Å². The summed E-state index contributed by atoms with van der Waals surface area (Å²) in [4.78, 5) is 20.6. The van der Waals surface area contributed by atoms with E-state index >= 15 is 0 Å². The summed E-state index contributed by atoms with van der Waals surface area (Å²) in [5.74, 6) is -3.04. The molecule has 17 heavy (non-hydrogen) atoms. The minimum atomic E-state index is -1.52. The Kier molecular flexibility index (Phi) is 26.9. The number of hydrogen-bond acceptors (Lipinski definition) is 4. The van der Waals surface area contributed by atoms with Crippen molar-refractivity contribution >= 4 is 93.8 Å². The molecule has 0 heterocycles. The number of carboxylic acid groups (broad SMARTS) is 2. The van der Waals surface area contributed by atoms with Crippen molar-refractivity contribution in [3.05, 3.63) is 35.4 Å². The molecule has 0 fully saturated rings. The summed E-state index contributed by atoms with van der Waals surface area (Å²) in [5.41, 5.74) is -0.727. The van der Waals surface area contributed by atoms with Crippen LogP contribution >= 0.6 is 0 Å². The molecule has 0 saturated heterocycles. The Hall–Kier alpha value is 0.846. The van der Waals surface area contributed by atoms with Gasteiger partial charge < -0.3 is 30.8 Å². The van der Waals surface area contributed by atoms with Gasteiger partial charge >= 0.3 is 81.9 Å². The Bertz CT molecular complexity index is 311. The standard InChI is InChI=1S/C8H6O4.2O.3Pb/c9-7(10)5-3-1-2-4-6(5)8(11)12;;;;;/h1-4H,(H,9,10)(H,11,12);;;;;/q;2*-2;3*+2/p-2. The Balaban J connectivity index is -0.0000000960. The number of benzene rings is 1. The van der Waals surface area contributed by atoms with E-state index in [0.29, 0.717) is 0 Å². The molecule has 0 aliphatic carbocycles. The van der Waals surface area contributed by atoms with E-state index in [4.69, 9.17) is 0 Å². The van der Waals surface area contributed by atoms with Gasteiger partial charge in [0.05, 0.1) is 11.9 Å². The van der Waals surface area contributed by atoms with Crippen LogP contribution in [0.2, 0.25) is 0 Å². The molecule has 1 rings (SSSR count). The predicted octanol–water partition coefficient (Wildman–Crippen LogP) is -2.97. The third-order valence-electron chi connectivity index (χ3n) is 1.37. The van der Waals surface area contributed by atoms with Crippen molar-refractivity contribution < 1.29 is 30.8 Å². The van der Waals surface area contributed by atoms with Gasteiger partial charge in [0.25, 0.3) is 0 Å². The van der Waals surface area contributed by atoms with Crippen LogP contribution in [-0.2, 0) is 11.0 Å². The molecular weight excluding hydrogens is 814 g/mol. The SMILES string of the molecule is O=C([O-])c1ccccc1C(=O)[O-].[O-2].[O-2].[Pb+2].[Pb+2].[Pb+2]. The van der Waals surface area contributed by atoms with Crippen LogP contribution in [0.15, 0.2) is 24.3 Å². The first kappa shape index (κ1) is 30.7. The molecule has 0 N–H and O–H groups in total. The second-order valence-electron chi connectivity index (χ2n) is 2.12. The van der Waals surface area contributed by atoms with Gasteiger partial charge in [-0.05, 0) is 0 Å². The number of hydrogen-bond donors (Lipinski definition) is 0. The van der Waals surface area contributed by atoms with Crippen molar-refractivity contribution in [2.75, 3.05) is 0 Å². The summed E-state index contributed by atoms with van der Waals surface area (Å²) >= 11 is 0. The molecule has 9 heteroatoms. The molecule has 0 aromatic heterocycles. The van der Waals surface area contributed by atoms with E-state index in [-0.39, 0.29) is 104 Å². The summed E-state index contributed by atoms with van der Waals surface area (Å²) < 4.78 is 0. The zero-order valence-corrected chi connectivity index (χ0v) is 19.9. The number of aromatic carboxylic acids is 2. The van der Waals surface area contributed by atoms with Gasteiger partial charge in [-0.3, -0.25) is 0 Å².